The molecule has 3 nitrogen and oxygen atoms in total. The molecule has 0 saturated carbocycles. The second kappa shape index (κ2) is 6.00. The highest BCUT2D eigenvalue weighted by molar-refractivity contribution is 7.89. The maximum atomic E-state index is 12.8. The van der Waals surface area contributed by atoms with E-state index in [1.54, 1.807) is 19.2 Å². The zero-order chi connectivity index (χ0) is 15.6. The third kappa shape index (κ3) is 3.17. The van der Waals surface area contributed by atoms with Crippen molar-refractivity contribution >= 4 is 10.0 Å². The first-order valence-corrected chi connectivity index (χ1v) is 8.38. The standard InChI is InChI=1S/C17H21NO2S/c1-13-9-11-16(12-10-13)15(3)18(4)21(19,20)17-8-6-5-7-14(17)2/h5-12,15H,1-4H3. The fraction of sp³-hybridized carbons (Fsp3) is 0.294. The summed E-state index contributed by atoms with van der Waals surface area (Å²) in [6.45, 7) is 5.74. The van der Waals surface area contributed by atoms with Gasteiger partial charge in [-0.15, -0.1) is 0 Å². The molecule has 1 atom stereocenters. The molecule has 0 amide bonds. The highest BCUT2D eigenvalue weighted by Crippen LogP contribution is 2.27. The second-order valence-corrected chi connectivity index (χ2v) is 7.34. The number of rotatable bonds is 4. The first-order valence-electron chi connectivity index (χ1n) is 6.94. The number of hydrogen-bond acceptors (Lipinski definition) is 2. The quantitative estimate of drug-likeness (QED) is 0.864. The molecule has 1 unspecified atom stereocenters. The van der Waals surface area contributed by atoms with Crippen LogP contribution in [0.25, 0.3) is 0 Å². The Labute approximate surface area is 127 Å². The fourth-order valence-corrected chi connectivity index (χ4v) is 3.84. The maximum absolute atomic E-state index is 12.8. The third-order valence-corrected chi connectivity index (χ3v) is 5.94. The van der Waals surface area contributed by atoms with Gasteiger partial charge in [0.15, 0.2) is 0 Å². The first kappa shape index (κ1) is 15.7. The van der Waals surface area contributed by atoms with Crippen LogP contribution in [-0.2, 0) is 10.0 Å². The lowest BCUT2D eigenvalue weighted by atomic mass is 10.1. The summed E-state index contributed by atoms with van der Waals surface area (Å²) >= 11 is 0. The summed E-state index contributed by atoms with van der Waals surface area (Å²) in [5, 5.41) is 0. The molecule has 0 saturated heterocycles. The topological polar surface area (TPSA) is 37.4 Å². The molecular weight excluding hydrogens is 282 g/mol. The molecule has 0 spiro atoms. The molecule has 0 aliphatic heterocycles. The van der Waals surface area contributed by atoms with Gasteiger partial charge in [-0.05, 0) is 38.0 Å². The molecule has 0 aromatic heterocycles. The van der Waals surface area contributed by atoms with E-state index in [2.05, 4.69) is 0 Å². The molecule has 0 radical (unpaired) electrons. The van der Waals surface area contributed by atoms with Crippen LogP contribution in [0.2, 0.25) is 0 Å². The Bertz CT molecular complexity index is 721. The van der Waals surface area contributed by atoms with Gasteiger partial charge in [-0.1, -0.05) is 48.0 Å². The summed E-state index contributed by atoms with van der Waals surface area (Å²) in [5.41, 5.74) is 2.91. The van der Waals surface area contributed by atoms with Crippen LogP contribution in [0.5, 0.6) is 0 Å². The van der Waals surface area contributed by atoms with Gasteiger partial charge in [0.25, 0.3) is 0 Å². The van der Waals surface area contributed by atoms with E-state index in [9.17, 15) is 8.42 Å². The molecule has 0 fully saturated rings. The first-order chi connectivity index (χ1) is 9.84. The molecule has 0 N–H and O–H groups in total. The number of hydrogen-bond donors (Lipinski definition) is 0. The van der Waals surface area contributed by atoms with Crippen molar-refractivity contribution in [3.8, 4) is 0 Å². The van der Waals surface area contributed by atoms with E-state index in [0.29, 0.717) is 4.90 Å². The predicted molar refractivity (Wildman–Crippen MR) is 85.7 cm³/mol. The van der Waals surface area contributed by atoms with Crippen LogP contribution < -0.4 is 0 Å². The lowest BCUT2D eigenvalue weighted by Gasteiger charge is -2.25. The average molecular weight is 303 g/mol. The largest absolute Gasteiger partial charge is 0.243 e. The minimum atomic E-state index is -3.49. The van der Waals surface area contributed by atoms with Gasteiger partial charge in [-0.2, -0.15) is 4.31 Å². The predicted octanol–water partition coefficient (Wildman–Crippen LogP) is 3.69. The van der Waals surface area contributed by atoms with Gasteiger partial charge in [0, 0.05) is 13.1 Å². The molecule has 21 heavy (non-hydrogen) atoms. The Balaban J connectivity index is 2.36. The van der Waals surface area contributed by atoms with Gasteiger partial charge in [0.2, 0.25) is 10.0 Å². The van der Waals surface area contributed by atoms with E-state index in [4.69, 9.17) is 0 Å². The Morgan fingerprint density at radius 1 is 0.952 bits per heavy atom. The van der Waals surface area contributed by atoms with Gasteiger partial charge < -0.3 is 0 Å². The van der Waals surface area contributed by atoms with E-state index in [1.807, 2.05) is 57.2 Å². The van der Waals surface area contributed by atoms with E-state index in [-0.39, 0.29) is 6.04 Å². The maximum Gasteiger partial charge on any atom is 0.243 e. The van der Waals surface area contributed by atoms with Crippen LogP contribution in [0.3, 0.4) is 0 Å². The number of benzene rings is 2. The Morgan fingerprint density at radius 2 is 1.52 bits per heavy atom. The molecule has 0 aliphatic rings. The van der Waals surface area contributed by atoms with Crippen LogP contribution in [0.15, 0.2) is 53.4 Å². The molecular formula is C17H21NO2S. The van der Waals surface area contributed by atoms with Gasteiger partial charge in [0.1, 0.15) is 0 Å². The van der Waals surface area contributed by atoms with Crippen molar-refractivity contribution < 1.29 is 8.42 Å². The second-order valence-electron chi connectivity index (χ2n) is 5.37. The van der Waals surface area contributed by atoms with E-state index < -0.39 is 10.0 Å². The Hall–Kier alpha value is -1.65. The molecule has 2 aromatic rings. The third-order valence-electron chi connectivity index (χ3n) is 3.86. The van der Waals surface area contributed by atoms with Crippen molar-refractivity contribution in [3.63, 3.8) is 0 Å². The average Bonchev–Trinajstić information content (AvgIpc) is 2.46. The van der Waals surface area contributed by atoms with Gasteiger partial charge in [0.05, 0.1) is 4.90 Å². The molecule has 0 heterocycles. The van der Waals surface area contributed by atoms with E-state index in [0.717, 1.165) is 16.7 Å². The summed E-state index contributed by atoms with van der Waals surface area (Å²) in [5.74, 6) is 0. The zero-order valence-corrected chi connectivity index (χ0v) is 13.7. The van der Waals surface area contributed by atoms with Crippen LogP contribution in [0.4, 0.5) is 0 Å². The van der Waals surface area contributed by atoms with E-state index in [1.165, 1.54) is 4.31 Å². The van der Waals surface area contributed by atoms with Crippen LogP contribution in [-0.4, -0.2) is 19.8 Å². The fourth-order valence-electron chi connectivity index (χ4n) is 2.26. The van der Waals surface area contributed by atoms with E-state index >= 15 is 0 Å². The minimum Gasteiger partial charge on any atom is -0.207 e. The molecule has 2 aromatic carbocycles. The Morgan fingerprint density at radius 3 is 2.10 bits per heavy atom. The number of aryl methyl sites for hydroxylation is 2. The van der Waals surface area contributed by atoms with Crippen LogP contribution in [0.1, 0.15) is 29.7 Å². The Kier molecular flexibility index (Phi) is 4.49. The number of nitrogens with zero attached hydrogens (tertiary/aromatic N) is 1. The van der Waals surface area contributed by atoms with Crippen LogP contribution >= 0.6 is 0 Å². The van der Waals surface area contributed by atoms with Gasteiger partial charge in [-0.25, -0.2) is 8.42 Å². The molecule has 4 heteroatoms. The molecule has 0 bridgehead atoms. The summed E-state index contributed by atoms with van der Waals surface area (Å²) < 4.78 is 27.0. The summed E-state index contributed by atoms with van der Waals surface area (Å²) in [7, 11) is -1.86. The molecule has 112 valence electrons. The van der Waals surface area contributed by atoms with Gasteiger partial charge >= 0.3 is 0 Å². The van der Waals surface area contributed by atoms with Gasteiger partial charge in [-0.3, -0.25) is 0 Å². The number of sulfonamides is 1. The monoisotopic (exact) mass is 303 g/mol. The summed E-state index contributed by atoms with van der Waals surface area (Å²) in [4.78, 5) is 0.367. The lowest BCUT2D eigenvalue weighted by Crippen LogP contribution is -2.30. The summed E-state index contributed by atoms with van der Waals surface area (Å²) in [6, 6.07) is 14.8. The highest BCUT2D eigenvalue weighted by Gasteiger charge is 2.27. The normalized spacial score (nSPS) is 13.4. The molecule has 2 rings (SSSR count). The van der Waals surface area contributed by atoms with Crippen LogP contribution in [0, 0.1) is 13.8 Å². The smallest absolute Gasteiger partial charge is 0.207 e. The van der Waals surface area contributed by atoms with Crippen molar-refractivity contribution in [2.24, 2.45) is 0 Å². The van der Waals surface area contributed by atoms with Crippen molar-refractivity contribution in [2.45, 2.75) is 31.7 Å². The SMILES string of the molecule is Cc1ccc(C(C)N(C)S(=O)(=O)c2ccccc2C)cc1. The minimum absolute atomic E-state index is 0.213. The van der Waals surface area contributed by atoms with Crippen molar-refractivity contribution in [2.75, 3.05) is 7.05 Å². The lowest BCUT2D eigenvalue weighted by molar-refractivity contribution is 0.398. The summed E-state index contributed by atoms with van der Waals surface area (Å²) in [6.07, 6.45) is 0. The van der Waals surface area contributed by atoms with Crippen molar-refractivity contribution in [3.05, 3.63) is 65.2 Å². The molecule has 0 aliphatic carbocycles. The van der Waals surface area contributed by atoms with Crippen molar-refractivity contribution in [1.29, 1.82) is 0 Å². The zero-order valence-electron chi connectivity index (χ0n) is 12.9. The van der Waals surface area contributed by atoms with Crippen molar-refractivity contribution in [1.82, 2.24) is 4.31 Å². The highest BCUT2D eigenvalue weighted by atomic mass is 32.2.